The standard InChI is InChI=1S/C28H24N8O3/c1-17-16-36(11-12-38-17)22-13-18(14-29)15-30-24(22)27-34-35-28(39-27)33-25-26(37)31-21-10-6-5-9-20(21)23(32-25)19-7-3-2-4-8-19/h2-10,13,15,17,25H,11-12,16H2,1H3,(H,31,37)(H,33,35). The van der Waals surface area contributed by atoms with Crippen LogP contribution in [-0.2, 0) is 9.53 Å². The van der Waals surface area contributed by atoms with E-state index in [2.05, 4.69) is 36.8 Å². The molecule has 2 unspecified atom stereocenters. The van der Waals surface area contributed by atoms with Crippen LogP contribution in [0, 0.1) is 11.3 Å². The number of fused-ring (bicyclic) bond motifs is 1. The number of benzene rings is 2. The Morgan fingerprint density at radius 1 is 1.13 bits per heavy atom. The molecule has 2 aliphatic rings. The van der Waals surface area contributed by atoms with Gasteiger partial charge in [0.2, 0.25) is 6.17 Å². The van der Waals surface area contributed by atoms with Crippen molar-refractivity contribution in [2.24, 2.45) is 4.99 Å². The number of rotatable bonds is 5. The van der Waals surface area contributed by atoms with Crippen molar-refractivity contribution in [3.05, 3.63) is 83.6 Å². The van der Waals surface area contributed by atoms with Crippen molar-refractivity contribution in [3.8, 4) is 17.7 Å². The fourth-order valence-electron chi connectivity index (χ4n) is 4.63. The normalized spacial score (nSPS) is 18.8. The maximum Gasteiger partial charge on any atom is 0.317 e. The number of hydrogen-bond donors (Lipinski definition) is 2. The third-order valence-electron chi connectivity index (χ3n) is 6.46. The lowest BCUT2D eigenvalue weighted by atomic mass is 10.0. The van der Waals surface area contributed by atoms with Gasteiger partial charge in [-0.15, -0.1) is 5.10 Å². The second-order valence-electron chi connectivity index (χ2n) is 9.17. The number of morpholine rings is 1. The molecule has 0 aliphatic carbocycles. The Morgan fingerprint density at radius 2 is 1.95 bits per heavy atom. The molecular formula is C28H24N8O3. The molecule has 4 aromatic rings. The van der Waals surface area contributed by atoms with Gasteiger partial charge in [0.15, 0.2) is 5.69 Å². The Labute approximate surface area is 224 Å². The van der Waals surface area contributed by atoms with E-state index >= 15 is 0 Å². The summed E-state index contributed by atoms with van der Waals surface area (Å²) in [5.41, 5.74) is 4.54. The number of aliphatic imine (C=N–C) groups is 1. The van der Waals surface area contributed by atoms with E-state index in [4.69, 9.17) is 14.1 Å². The lowest BCUT2D eigenvalue weighted by Crippen LogP contribution is -2.41. The lowest BCUT2D eigenvalue weighted by molar-refractivity contribution is -0.116. The van der Waals surface area contributed by atoms with Crippen molar-refractivity contribution >= 4 is 29.0 Å². The molecule has 1 fully saturated rings. The summed E-state index contributed by atoms with van der Waals surface area (Å²) in [5, 5.41) is 23.6. The molecule has 11 nitrogen and oxygen atoms in total. The van der Waals surface area contributed by atoms with Gasteiger partial charge in [-0.1, -0.05) is 53.6 Å². The maximum atomic E-state index is 13.2. The van der Waals surface area contributed by atoms with Crippen LogP contribution in [0.4, 0.5) is 17.4 Å². The average Bonchev–Trinajstić information content (AvgIpc) is 3.38. The SMILES string of the molecule is CC1CN(c2cc(C#N)cnc2-c2nnc(NC3N=C(c4ccccc4)c4ccccc4NC3=O)o2)CCO1. The van der Waals surface area contributed by atoms with Crippen LogP contribution in [0.15, 0.2) is 76.3 Å². The number of benzodiazepines with no additional fused rings is 1. The van der Waals surface area contributed by atoms with Crippen molar-refractivity contribution in [1.82, 2.24) is 15.2 Å². The van der Waals surface area contributed by atoms with Gasteiger partial charge in [-0.2, -0.15) is 5.26 Å². The van der Waals surface area contributed by atoms with Crippen LogP contribution < -0.4 is 15.5 Å². The Morgan fingerprint density at radius 3 is 2.77 bits per heavy atom. The van der Waals surface area contributed by atoms with Gasteiger partial charge in [0.1, 0.15) is 6.07 Å². The monoisotopic (exact) mass is 520 g/mol. The van der Waals surface area contributed by atoms with Crippen molar-refractivity contribution in [1.29, 1.82) is 5.26 Å². The van der Waals surface area contributed by atoms with Crippen molar-refractivity contribution < 1.29 is 13.9 Å². The number of nitrogens with one attached hydrogen (secondary N) is 2. The maximum absolute atomic E-state index is 13.2. The fourth-order valence-corrected chi connectivity index (χ4v) is 4.63. The number of para-hydroxylation sites is 1. The molecule has 11 heteroatoms. The first kappa shape index (κ1) is 24.3. The fraction of sp³-hybridized carbons (Fsp3) is 0.214. The van der Waals surface area contributed by atoms with Gasteiger partial charge in [-0.25, -0.2) is 9.98 Å². The number of nitriles is 1. The number of pyridine rings is 1. The van der Waals surface area contributed by atoms with Crippen LogP contribution in [0.1, 0.15) is 23.6 Å². The number of carbonyl (C=O) groups excluding carboxylic acids is 1. The summed E-state index contributed by atoms with van der Waals surface area (Å²) in [6, 6.07) is 21.1. The van der Waals surface area contributed by atoms with E-state index < -0.39 is 6.17 Å². The van der Waals surface area contributed by atoms with Crippen LogP contribution in [0.5, 0.6) is 0 Å². The molecule has 2 aromatic carbocycles. The number of anilines is 3. The first-order chi connectivity index (χ1) is 19.1. The zero-order chi connectivity index (χ0) is 26.8. The van der Waals surface area contributed by atoms with Gasteiger partial charge in [0.05, 0.1) is 35.4 Å². The summed E-state index contributed by atoms with van der Waals surface area (Å²) in [7, 11) is 0. The summed E-state index contributed by atoms with van der Waals surface area (Å²) in [4.78, 5) is 24.5. The summed E-state index contributed by atoms with van der Waals surface area (Å²) in [6.07, 6.45) is 0.452. The summed E-state index contributed by atoms with van der Waals surface area (Å²) in [5.74, 6) is -0.215. The largest absolute Gasteiger partial charge is 0.402 e. The van der Waals surface area contributed by atoms with E-state index in [9.17, 15) is 10.1 Å². The summed E-state index contributed by atoms with van der Waals surface area (Å²) >= 11 is 0. The van der Waals surface area contributed by atoms with Crippen LogP contribution in [0.25, 0.3) is 11.6 Å². The van der Waals surface area contributed by atoms with Gasteiger partial charge in [0.25, 0.3) is 11.8 Å². The highest BCUT2D eigenvalue weighted by Crippen LogP contribution is 2.31. The third-order valence-corrected chi connectivity index (χ3v) is 6.46. The molecule has 2 aromatic heterocycles. The van der Waals surface area contributed by atoms with E-state index in [0.29, 0.717) is 48.0 Å². The highest BCUT2D eigenvalue weighted by atomic mass is 16.5. The van der Waals surface area contributed by atoms with Crippen LogP contribution in [0.2, 0.25) is 0 Å². The number of nitrogens with zero attached hydrogens (tertiary/aromatic N) is 6. The Bertz CT molecular complexity index is 1590. The zero-order valence-corrected chi connectivity index (χ0v) is 21.0. The Kier molecular flexibility index (Phi) is 6.44. The smallest absolute Gasteiger partial charge is 0.317 e. The number of amides is 1. The molecule has 4 heterocycles. The Balaban J connectivity index is 1.33. The number of hydrogen-bond acceptors (Lipinski definition) is 10. The van der Waals surface area contributed by atoms with Crippen molar-refractivity contribution in [2.75, 3.05) is 35.2 Å². The van der Waals surface area contributed by atoms with Crippen LogP contribution in [-0.4, -0.2) is 58.8 Å². The molecule has 2 aliphatic heterocycles. The molecule has 2 atom stereocenters. The van der Waals surface area contributed by atoms with Gasteiger partial charge in [0, 0.05) is 30.4 Å². The van der Waals surface area contributed by atoms with E-state index in [-0.39, 0.29) is 23.9 Å². The zero-order valence-electron chi connectivity index (χ0n) is 21.0. The lowest BCUT2D eigenvalue weighted by Gasteiger charge is -2.33. The van der Waals surface area contributed by atoms with Gasteiger partial charge < -0.3 is 24.7 Å². The van der Waals surface area contributed by atoms with Crippen LogP contribution >= 0.6 is 0 Å². The van der Waals surface area contributed by atoms with Gasteiger partial charge >= 0.3 is 6.01 Å². The third kappa shape index (κ3) is 4.93. The second kappa shape index (κ2) is 10.4. The minimum absolute atomic E-state index is 0.0136. The highest BCUT2D eigenvalue weighted by molar-refractivity contribution is 6.19. The number of aromatic nitrogens is 3. The number of carbonyl (C=O) groups is 1. The van der Waals surface area contributed by atoms with Crippen LogP contribution in [0.3, 0.4) is 0 Å². The van der Waals surface area contributed by atoms with Crippen molar-refractivity contribution in [3.63, 3.8) is 0 Å². The minimum Gasteiger partial charge on any atom is -0.402 e. The second-order valence-corrected chi connectivity index (χ2v) is 9.17. The molecule has 0 saturated carbocycles. The van der Waals surface area contributed by atoms with Gasteiger partial charge in [-0.3, -0.25) is 4.79 Å². The molecule has 1 saturated heterocycles. The number of ether oxygens (including phenoxy) is 1. The van der Waals surface area contributed by atoms with E-state index in [0.717, 1.165) is 11.1 Å². The molecule has 2 N–H and O–H groups in total. The predicted molar refractivity (Wildman–Crippen MR) is 144 cm³/mol. The molecule has 0 radical (unpaired) electrons. The molecule has 39 heavy (non-hydrogen) atoms. The Hall–Kier alpha value is -5.08. The topological polar surface area (TPSA) is 142 Å². The molecule has 194 valence electrons. The van der Waals surface area contributed by atoms with Gasteiger partial charge in [-0.05, 0) is 19.1 Å². The predicted octanol–water partition coefficient (Wildman–Crippen LogP) is 3.46. The quantitative estimate of drug-likeness (QED) is 0.405. The van der Waals surface area contributed by atoms with E-state index in [1.807, 2.05) is 61.5 Å². The highest BCUT2D eigenvalue weighted by Gasteiger charge is 2.28. The van der Waals surface area contributed by atoms with Crippen molar-refractivity contribution in [2.45, 2.75) is 19.2 Å². The molecule has 6 rings (SSSR count). The average molecular weight is 521 g/mol. The van der Waals surface area contributed by atoms with E-state index in [1.54, 1.807) is 6.07 Å². The summed E-state index contributed by atoms with van der Waals surface area (Å²) < 4.78 is 11.6. The summed E-state index contributed by atoms with van der Waals surface area (Å²) in [6.45, 7) is 3.80. The molecule has 0 bridgehead atoms. The van der Waals surface area contributed by atoms with E-state index in [1.165, 1.54) is 6.20 Å². The first-order valence-electron chi connectivity index (χ1n) is 12.5. The molecule has 0 spiro atoms. The first-order valence-corrected chi connectivity index (χ1v) is 12.5. The molecule has 1 amide bonds. The minimum atomic E-state index is -1.03. The molecular weight excluding hydrogens is 496 g/mol.